The number of carbonyl (C=O) groups is 1. The third kappa shape index (κ3) is 5.12. The van der Waals surface area contributed by atoms with Crippen LogP contribution in [0, 0.1) is 11.2 Å². The first-order valence-corrected chi connectivity index (χ1v) is 7.38. The van der Waals surface area contributed by atoms with E-state index in [4.69, 9.17) is 11.6 Å². The van der Waals surface area contributed by atoms with Crippen molar-refractivity contribution in [2.24, 2.45) is 5.41 Å². The van der Waals surface area contributed by atoms with Crippen LogP contribution >= 0.6 is 11.6 Å². The molecular weight excluding hydrogens is 277 g/mol. The number of unbranched alkanes of at least 4 members (excludes halogenated alkanes) is 1. The third-order valence-corrected chi connectivity index (χ3v) is 3.22. The Morgan fingerprint density at radius 3 is 2.50 bits per heavy atom. The summed E-state index contributed by atoms with van der Waals surface area (Å²) in [6, 6.07) is 4.44. The summed E-state index contributed by atoms with van der Waals surface area (Å²) in [5.74, 6) is -0.414. The first-order chi connectivity index (χ1) is 9.24. The topological polar surface area (TPSA) is 20.3 Å². The fourth-order valence-corrected chi connectivity index (χ4v) is 2.09. The normalized spacial score (nSPS) is 11.5. The number of rotatable bonds is 5. The van der Waals surface area contributed by atoms with Crippen molar-refractivity contribution in [1.82, 2.24) is 0 Å². The van der Waals surface area contributed by atoms with Gasteiger partial charge in [-0.25, -0.2) is 4.39 Å². The molecule has 0 fully saturated rings. The molecule has 1 amide bonds. The molecule has 4 heteroatoms. The van der Waals surface area contributed by atoms with Gasteiger partial charge in [0.2, 0.25) is 5.91 Å². The summed E-state index contributed by atoms with van der Waals surface area (Å²) in [4.78, 5) is 14.2. The number of benzene rings is 1. The van der Waals surface area contributed by atoms with Gasteiger partial charge in [0, 0.05) is 18.7 Å². The molecule has 0 radical (unpaired) electrons. The maximum Gasteiger partial charge on any atom is 0.227 e. The zero-order valence-corrected chi connectivity index (χ0v) is 13.4. The molecular formula is C16H23ClFNO. The fourth-order valence-electron chi connectivity index (χ4n) is 1.92. The molecule has 0 N–H and O–H groups in total. The van der Waals surface area contributed by atoms with Gasteiger partial charge in [0.05, 0.1) is 5.02 Å². The van der Waals surface area contributed by atoms with Gasteiger partial charge in [0.15, 0.2) is 0 Å². The Kier molecular flexibility index (Phi) is 6.00. The van der Waals surface area contributed by atoms with Crippen molar-refractivity contribution in [3.8, 4) is 0 Å². The first kappa shape index (κ1) is 17.0. The van der Waals surface area contributed by atoms with Gasteiger partial charge in [-0.15, -0.1) is 0 Å². The lowest BCUT2D eigenvalue weighted by molar-refractivity contribution is -0.120. The molecule has 0 heterocycles. The average molecular weight is 300 g/mol. The zero-order chi connectivity index (χ0) is 15.3. The van der Waals surface area contributed by atoms with Crippen LogP contribution in [0.2, 0.25) is 5.02 Å². The minimum Gasteiger partial charge on any atom is -0.312 e. The minimum absolute atomic E-state index is 0.0487. The van der Waals surface area contributed by atoms with Crippen LogP contribution in [0.1, 0.15) is 47.0 Å². The van der Waals surface area contributed by atoms with E-state index in [1.165, 1.54) is 12.1 Å². The SMILES string of the molecule is CCCCN(C(=O)CC(C)(C)C)c1ccc(F)c(Cl)c1. The molecule has 2 nitrogen and oxygen atoms in total. The average Bonchev–Trinajstić information content (AvgIpc) is 2.31. The van der Waals surface area contributed by atoms with E-state index in [9.17, 15) is 9.18 Å². The van der Waals surface area contributed by atoms with Crippen LogP contribution in [-0.4, -0.2) is 12.5 Å². The molecule has 1 rings (SSSR count). The maximum atomic E-state index is 13.3. The molecule has 1 aromatic rings. The van der Waals surface area contributed by atoms with Gasteiger partial charge in [0.1, 0.15) is 5.82 Å². The summed E-state index contributed by atoms with van der Waals surface area (Å²) in [6.07, 6.45) is 2.35. The van der Waals surface area contributed by atoms with E-state index in [0.717, 1.165) is 12.8 Å². The second-order valence-electron chi connectivity index (χ2n) is 6.23. The summed E-state index contributed by atoms with van der Waals surface area (Å²) in [6.45, 7) is 8.79. The Morgan fingerprint density at radius 1 is 1.35 bits per heavy atom. The smallest absolute Gasteiger partial charge is 0.227 e. The lowest BCUT2D eigenvalue weighted by atomic mass is 9.91. The number of anilines is 1. The van der Waals surface area contributed by atoms with Crippen molar-refractivity contribution < 1.29 is 9.18 Å². The van der Waals surface area contributed by atoms with E-state index in [-0.39, 0.29) is 16.3 Å². The summed E-state index contributed by atoms with van der Waals surface area (Å²) in [5.41, 5.74) is 0.588. The second-order valence-corrected chi connectivity index (χ2v) is 6.64. The molecule has 0 unspecified atom stereocenters. The van der Waals surface area contributed by atoms with E-state index in [2.05, 4.69) is 6.92 Å². The second kappa shape index (κ2) is 7.07. The maximum absolute atomic E-state index is 13.3. The molecule has 0 aliphatic carbocycles. The van der Waals surface area contributed by atoms with Crippen LogP contribution in [0.25, 0.3) is 0 Å². The summed E-state index contributed by atoms with van der Waals surface area (Å²) < 4.78 is 13.3. The highest BCUT2D eigenvalue weighted by Gasteiger charge is 2.22. The number of carbonyl (C=O) groups excluding carboxylic acids is 1. The van der Waals surface area contributed by atoms with Gasteiger partial charge in [-0.3, -0.25) is 4.79 Å². The van der Waals surface area contributed by atoms with Gasteiger partial charge in [0.25, 0.3) is 0 Å². The fraction of sp³-hybridized carbons (Fsp3) is 0.562. The lowest BCUT2D eigenvalue weighted by Gasteiger charge is -2.27. The molecule has 112 valence electrons. The van der Waals surface area contributed by atoms with Gasteiger partial charge >= 0.3 is 0 Å². The molecule has 20 heavy (non-hydrogen) atoms. The van der Waals surface area contributed by atoms with Crippen LogP contribution < -0.4 is 4.90 Å². The monoisotopic (exact) mass is 299 g/mol. The van der Waals surface area contributed by atoms with Crippen molar-refractivity contribution in [2.45, 2.75) is 47.0 Å². The first-order valence-electron chi connectivity index (χ1n) is 7.00. The predicted octanol–water partition coefficient (Wildman–Crippen LogP) is 5.05. The highest BCUT2D eigenvalue weighted by atomic mass is 35.5. The lowest BCUT2D eigenvalue weighted by Crippen LogP contribution is -2.34. The van der Waals surface area contributed by atoms with Crippen LogP contribution in [-0.2, 0) is 4.79 Å². The van der Waals surface area contributed by atoms with E-state index in [1.54, 1.807) is 11.0 Å². The van der Waals surface area contributed by atoms with Crippen LogP contribution in [0.3, 0.4) is 0 Å². The summed E-state index contributed by atoms with van der Waals surface area (Å²) in [5, 5.41) is 0.0487. The number of amides is 1. The van der Waals surface area contributed by atoms with Crippen LogP contribution in [0.4, 0.5) is 10.1 Å². The van der Waals surface area contributed by atoms with Crippen molar-refractivity contribution in [2.75, 3.05) is 11.4 Å². The number of nitrogens with zero attached hydrogens (tertiary/aromatic N) is 1. The molecule has 0 aliphatic rings. The molecule has 0 saturated heterocycles. The van der Waals surface area contributed by atoms with Gasteiger partial charge in [-0.1, -0.05) is 45.7 Å². The summed E-state index contributed by atoms with van der Waals surface area (Å²) >= 11 is 5.82. The Balaban J connectivity index is 2.98. The van der Waals surface area contributed by atoms with Gasteiger partial charge < -0.3 is 4.90 Å². The molecule has 0 saturated carbocycles. The highest BCUT2D eigenvalue weighted by Crippen LogP contribution is 2.26. The predicted molar refractivity (Wildman–Crippen MR) is 82.7 cm³/mol. The van der Waals surface area contributed by atoms with E-state index >= 15 is 0 Å². The van der Waals surface area contributed by atoms with Crippen molar-refractivity contribution in [3.05, 3.63) is 29.0 Å². The number of hydrogen-bond donors (Lipinski definition) is 0. The van der Waals surface area contributed by atoms with Crippen molar-refractivity contribution >= 4 is 23.2 Å². The zero-order valence-electron chi connectivity index (χ0n) is 12.7. The van der Waals surface area contributed by atoms with E-state index < -0.39 is 5.82 Å². The Labute approximate surface area is 125 Å². The molecule has 0 spiro atoms. The minimum atomic E-state index is -0.464. The van der Waals surface area contributed by atoms with Crippen LogP contribution in [0.5, 0.6) is 0 Å². The van der Waals surface area contributed by atoms with Crippen molar-refractivity contribution in [1.29, 1.82) is 0 Å². The number of hydrogen-bond acceptors (Lipinski definition) is 1. The molecule has 0 aliphatic heterocycles. The molecule has 0 bridgehead atoms. The number of halogens is 2. The summed E-state index contributed by atoms with van der Waals surface area (Å²) in [7, 11) is 0. The Hall–Kier alpha value is -1.09. The standard InChI is InChI=1S/C16H23ClFNO/c1-5-6-9-19(15(20)11-16(2,3)4)12-7-8-14(18)13(17)10-12/h7-8,10H,5-6,9,11H2,1-4H3. The van der Waals surface area contributed by atoms with Gasteiger partial charge in [-0.05, 0) is 30.0 Å². The van der Waals surface area contributed by atoms with Crippen molar-refractivity contribution in [3.63, 3.8) is 0 Å². The largest absolute Gasteiger partial charge is 0.312 e. The van der Waals surface area contributed by atoms with Gasteiger partial charge in [-0.2, -0.15) is 0 Å². The third-order valence-electron chi connectivity index (χ3n) is 2.93. The molecule has 0 atom stereocenters. The van der Waals surface area contributed by atoms with E-state index in [0.29, 0.717) is 18.7 Å². The van der Waals surface area contributed by atoms with Crippen LogP contribution in [0.15, 0.2) is 18.2 Å². The Bertz CT molecular complexity index is 468. The quantitative estimate of drug-likeness (QED) is 0.745. The van der Waals surface area contributed by atoms with E-state index in [1.807, 2.05) is 20.8 Å². The molecule has 0 aromatic heterocycles. The highest BCUT2D eigenvalue weighted by molar-refractivity contribution is 6.31. The molecule has 1 aromatic carbocycles. The Morgan fingerprint density at radius 2 is 2.00 bits per heavy atom.